The quantitative estimate of drug-likeness (QED) is 0.344. The first-order valence-electron chi connectivity index (χ1n) is 8.08. The molecular weight excluding hydrogens is 448 g/mol. The van der Waals surface area contributed by atoms with E-state index in [1.165, 1.54) is 23.5 Å². The summed E-state index contributed by atoms with van der Waals surface area (Å²) in [5.74, 6) is 1.46. The number of hydrazone groups is 1. The Morgan fingerprint density at radius 1 is 1.14 bits per heavy atom. The topological polar surface area (TPSA) is 98.9 Å². The summed E-state index contributed by atoms with van der Waals surface area (Å²) in [7, 11) is 0. The lowest BCUT2D eigenvalue weighted by Crippen LogP contribution is -3.00. The Balaban J connectivity index is 0.00000225. The number of aromatic nitrogens is 1. The second kappa shape index (κ2) is 8.81. The molecule has 1 aliphatic rings. The SMILES string of the molecule is O=[N+]([O-])c1ccc(/C=N/Nc2nc(-c3ccc4c(c3)OCCO4)cs2)cc1.[Br-]. The first-order chi connectivity index (χ1) is 13.2. The molecule has 0 amide bonds. The number of nitro groups is 1. The molecule has 4 rings (SSSR count). The summed E-state index contributed by atoms with van der Waals surface area (Å²) in [6, 6.07) is 11.9. The number of fused-ring (bicyclic) bond motifs is 1. The first-order valence-corrected chi connectivity index (χ1v) is 8.96. The van der Waals surface area contributed by atoms with E-state index < -0.39 is 4.92 Å². The van der Waals surface area contributed by atoms with Gasteiger partial charge in [-0.2, -0.15) is 5.10 Å². The van der Waals surface area contributed by atoms with Crippen LogP contribution in [0.4, 0.5) is 10.8 Å². The first kappa shape index (κ1) is 19.8. The summed E-state index contributed by atoms with van der Waals surface area (Å²) in [6.07, 6.45) is 1.58. The van der Waals surface area contributed by atoms with Crippen LogP contribution in [0.3, 0.4) is 0 Å². The summed E-state index contributed by atoms with van der Waals surface area (Å²) in [5.41, 5.74) is 5.41. The Bertz CT molecular complexity index is 1010. The molecule has 2 aromatic carbocycles. The van der Waals surface area contributed by atoms with Gasteiger partial charge < -0.3 is 26.5 Å². The fourth-order valence-electron chi connectivity index (χ4n) is 2.50. The molecule has 144 valence electrons. The summed E-state index contributed by atoms with van der Waals surface area (Å²) < 4.78 is 11.1. The number of anilines is 1. The molecule has 0 aliphatic carbocycles. The molecule has 0 unspecified atom stereocenters. The predicted octanol–water partition coefficient (Wildman–Crippen LogP) is 0.939. The molecule has 1 aromatic heterocycles. The predicted molar refractivity (Wildman–Crippen MR) is 103 cm³/mol. The minimum atomic E-state index is -0.436. The van der Waals surface area contributed by atoms with Crippen molar-refractivity contribution in [2.45, 2.75) is 0 Å². The molecule has 8 nitrogen and oxygen atoms in total. The van der Waals surface area contributed by atoms with Gasteiger partial charge in [-0.05, 0) is 35.9 Å². The standard InChI is InChI=1S/C18H14N4O4S.BrH/c23-22(24)14-4-1-12(2-5-14)10-19-21-18-20-15(11-27-18)13-3-6-16-17(9-13)26-8-7-25-16;/h1-6,9-11H,7-8H2,(H,20,21);1H/p-1/b19-10+;. The van der Waals surface area contributed by atoms with E-state index in [-0.39, 0.29) is 22.7 Å². The average Bonchev–Trinajstić information content (AvgIpc) is 3.17. The highest BCUT2D eigenvalue weighted by Crippen LogP contribution is 2.35. The van der Waals surface area contributed by atoms with Crippen LogP contribution in [-0.2, 0) is 0 Å². The molecule has 0 fully saturated rings. The number of nitro benzene ring substituents is 1. The average molecular weight is 462 g/mol. The Morgan fingerprint density at radius 2 is 1.89 bits per heavy atom. The number of benzene rings is 2. The van der Waals surface area contributed by atoms with E-state index in [9.17, 15) is 10.1 Å². The van der Waals surface area contributed by atoms with E-state index in [0.29, 0.717) is 18.3 Å². The Labute approximate surface area is 174 Å². The Hall–Kier alpha value is -2.98. The summed E-state index contributed by atoms with van der Waals surface area (Å²) in [5, 5.41) is 17.3. The van der Waals surface area contributed by atoms with Gasteiger partial charge in [0, 0.05) is 23.1 Å². The third kappa shape index (κ3) is 4.46. The number of ether oxygens (including phenoxy) is 2. The van der Waals surface area contributed by atoms with E-state index in [0.717, 1.165) is 28.3 Å². The third-order valence-corrected chi connectivity index (χ3v) is 4.57. The maximum Gasteiger partial charge on any atom is 0.269 e. The van der Waals surface area contributed by atoms with Crippen LogP contribution in [0, 0.1) is 10.1 Å². The fourth-order valence-corrected chi connectivity index (χ4v) is 3.17. The zero-order valence-electron chi connectivity index (χ0n) is 14.4. The number of hydrogen-bond acceptors (Lipinski definition) is 8. The summed E-state index contributed by atoms with van der Waals surface area (Å²) in [6.45, 7) is 1.10. The number of thiazole rings is 1. The monoisotopic (exact) mass is 461 g/mol. The second-order valence-electron chi connectivity index (χ2n) is 5.61. The van der Waals surface area contributed by atoms with Gasteiger partial charge >= 0.3 is 0 Å². The smallest absolute Gasteiger partial charge is 0.269 e. The highest BCUT2D eigenvalue weighted by Gasteiger charge is 2.13. The van der Waals surface area contributed by atoms with Crippen molar-refractivity contribution < 1.29 is 31.4 Å². The van der Waals surface area contributed by atoms with E-state index in [1.54, 1.807) is 18.3 Å². The van der Waals surface area contributed by atoms with Crippen LogP contribution in [0.25, 0.3) is 11.3 Å². The number of nitrogens with one attached hydrogen (secondary N) is 1. The van der Waals surface area contributed by atoms with Gasteiger partial charge in [-0.25, -0.2) is 4.98 Å². The number of non-ortho nitro benzene ring substituents is 1. The van der Waals surface area contributed by atoms with Crippen molar-refractivity contribution in [2.24, 2.45) is 5.10 Å². The van der Waals surface area contributed by atoms with Gasteiger partial charge in [0.15, 0.2) is 11.5 Å². The lowest BCUT2D eigenvalue weighted by atomic mass is 10.1. The lowest BCUT2D eigenvalue weighted by Gasteiger charge is -2.18. The largest absolute Gasteiger partial charge is 1.00 e. The van der Waals surface area contributed by atoms with Crippen molar-refractivity contribution >= 4 is 28.4 Å². The van der Waals surface area contributed by atoms with Crippen LogP contribution in [0.1, 0.15) is 5.56 Å². The number of halogens is 1. The number of nitrogens with zero attached hydrogens (tertiary/aromatic N) is 3. The van der Waals surface area contributed by atoms with Gasteiger partial charge in [-0.1, -0.05) is 0 Å². The molecule has 3 aromatic rings. The van der Waals surface area contributed by atoms with Crippen molar-refractivity contribution in [1.29, 1.82) is 0 Å². The van der Waals surface area contributed by atoms with Gasteiger partial charge in [0.2, 0.25) is 5.13 Å². The molecule has 0 saturated heterocycles. The Morgan fingerprint density at radius 3 is 2.64 bits per heavy atom. The van der Waals surface area contributed by atoms with Crippen molar-refractivity contribution in [3.05, 3.63) is 63.5 Å². The third-order valence-electron chi connectivity index (χ3n) is 3.82. The van der Waals surface area contributed by atoms with Gasteiger partial charge in [0.05, 0.1) is 16.8 Å². The molecule has 0 atom stereocenters. The van der Waals surface area contributed by atoms with Gasteiger partial charge in [-0.15, -0.1) is 11.3 Å². The lowest BCUT2D eigenvalue weighted by molar-refractivity contribution is -0.384. The molecule has 28 heavy (non-hydrogen) atoms. The fraction of sp³-hybridized carbons (Fsp3) is 0.111. The van der Waals surface area contributed by atoms with Crippen molar-refractivity contribution in [2.75, 3.05) is 18.6 Å². The molecule has 0 spiro atoms. The van der Waals surface area contributed by atoms with E-state index >= 15 is 0 Å². The molecule has 0 radical (unpaired) electrons. The molecule has 0 bridgehead atoms. The van der Waals surface area contributed by atoms with Crippen molar-refractivity contribution in [3.63, 3.8) is 0 Å². The van der Waals surface area contributed by atoms with E-state index in [2.05, 4.69) is 15.5 Å². The number of hydrogen-bond donors (Lipinski definition) is 1. The molecule has 1 N–H and O–H groups in total. The minimum absolute atomic E-state index is 0. The Kier molecular flexibility index (Phi) is 6.22. The van der Waals surface area contributed by atoms with Crippen LogP contribution in [0.15, 0.2) is 52.9 Å². The second-order valence-corrected chi connectivity index (χ2v) is 6.47. The molecule has 2 heterocycles. The molecule has 10 heteroatoms. The van der Waals surface area contributed by atoms with Gasteiger partial charge in [-0.3, -0.25) is 15.5 Å². The highest BCUT2D eigenvalue weighted by atomic mass is 79.9. The van der Waals surface area contributed by atoms with Gasteiger partial charge in [0.25, 0.3) is 5.69 Å². The van der Waals surface area contributed by atoms with Crippen LogP contribution in [0.5, 0.6) is 11.5 Å². The zero-order chi connectivity index (χ0) is 18.6. The maximum atomic E-state index is 10.6. The summed E-state index contributed by atoms with van der Waals surface area (Å²) in [4.78, 5) is 14.7. The van der Waals surface area contributed by atoms with Crippen LogP contribution in [0.2, 0.25) is 0 Å². The van der Waals surface area contributed by atoms with Crippen molar-refractivity contribution in [1.82, 2.24) is 4.98 Å². The highest BCUT2D eigenvalue weighted by molar-refractivity contribution is 7.14. The minimum Gasteiger partial charge on any atom is -1.00 e. The van der Waals surface area contributed by atoms with Crippen LogP contribution < -0.4 is 31.9 Å². The summed E-state index contributed by atoms with van der Waals surface area (Å²) >= 11 is 1.43. The molecule has 0 saturated carbocycles. The molecule has 1 aliphatic heterocycles. The molecular formula is C18H14BrN4O4S-. The van der Waals surface area contributed by atoms with E-state index in [4.69, 9.17) is 9.47 Å². The number of rotatable bonds is 5. The van der Waals surface area contributed by atoms with Crippen LogP contribution in [-0.4, -0.2) is 29.3 Å². The van der Waals surface area contributed by atoms with Gasteiger partial charge in [0.1, 0.15) is 13.2 Å². The normalized spacial score (nSPS) is 12.4. The maximum absolute atomic E-state index is 10.6. The van der Waals surface area contributed by atoms with Crippen LogP contribution >= 0.6 is 11.3 Å². The zero-order valence-corrected chi connectivity index (χ0v) is 16.8. The van der Waals surface area contributed by atoms with Crippen molar-refractivity contribution in [3.8, 4) is 22.8 Å². The van der Waals surface area contributed by atoms with E-state index in [1.807, 2.05) is 23.6 Å².